The molecule has 0 aliphatic carbocycles. The molecule has 5 heteroatoms. The predicted octanol–water partition coefficient (Wildman–Crippen LogP) is 2.34. The highest BCUT2D eigenvalue weighted by atomic mass is 35.5. The lowest BCUT2D eigenvalue weighted by Gasteiger charge is -2.01. The summed E-state index contributed by atoms with van der Waals surface area (Å²) in [5.41, 5.74) is 0. The van der Waals surface area contributed by atoms with Crippen LogP contribution in [0.3, 0.4) is 0 Å². The van der Waals surface area contributed by atoms with Crippen LogP contribution in [0.1, 0.15) is 6.92 Å². The van der Waals surface area contributed by atoms with Crippen LogP contribution < -0.4 is 4.74 Å². The Morgan fingerprint density at radius 1 is 1.62 bits per heavy atom. The van der Waals surface area contributed by atoms with Gasteiger partial charge in [0.25, 0.3) is 0 Å². The molecule has 0 amide bonds. The first-order valence-corrected chi connectivity index (χ1v) is 4.95. The van der Waals surface area contributed by atoms with Crippen molar-refractivity contribution in [3.8, 4) is 5.06 Å². The molecule has 0 saturated carbocycles. The van der Waals surface area contributed by atoms with Gasteiger partial charge in [0.05, 0.1) is 10.9 Å². The van der Waals surface area contributed by atoms with E-state index in [1.165, 1.54) is 11.3 Å². The molecule has 0 spiro atoms. The summed E-state index contributed by atoms with van der Waals surface area (Å²) in [6.45, 7) is 2.05. The molecule has 0 atom stereocenters. The van der Waals surface area contributed by atoms with Crippen molar-refractivity contribution in [3.05, 3.63) is 16.5 Å². The molecule has 72 valence electrons. The van der Waals surface area contributed by atoms with Crippen molar-refractivity contribution < 1.29 is 14.3 Å². The standard InChI is InChI=1S/C8H9ClO3S/c1-2-11-7(10)5-12-8-4-3-6(9)13-8/h3-4H,2,5H2,1H3. The Hall–Kier alpha value is -0.740. The first-order chi connectivity index (χ1) is 6.22. The Balaban J connectivity index is 2.30. The van der Waals surface area contributed by atoms with Gasteiger partial charge in [-0.2, -0.15) is 0 Å². The van der Waals surface area contributed by atoms with Crippen LogP contribution in [0.15, 0.2) is 12.1 Å². The van der Waals surface area contributed by atoms with Gasteiger partial charge in [0.2, 0.25) is 0 Å². The highest BCUT2D eigenvalue weighted by Gasteiger charge is 2.04. The second-order valence-corrected chi connectivity index (χ2v) is 3.83. The summed E-state index contributed by atoms with van der Waals surface area (Å²) < 4.78 is 10.4. The van der Waals surface area contributed by atoms with Crippen LogP contribution in [0.2, 0.25) is 4.34 Å². The van der Waals surface area contributed by atoms with E-state index in [1.807, 2.05) is 0 Å². The number of carbonyl (C=O) groups excluding carboxylic acids is 1. The number of esters is 1. The fourth-order valence-electron chi connectivity index (χ4n) is 0.708. The van der Waals surface area contributed by atoms with Gasteiger partial charge in [-0.05, 0) is 19.1 Å². The lowest BCUT2D eigenvalue weighted by molar-refractivity contribution is -0.145. The van der Waals surface area contributed by atoms with Crippen molar-refractivity contribution in [2.24, 2.45) is 0 Å². The maximum atomic E-state index is 10.8. The third kappa shape index (κ3) is 3.65. The molecular formula is C8H9ClO3S. The second-order valence-electron chi connectivity index (χ2n) is 2.15. The van der Waals surface area contributed by atoms with Crippen LogP contribution >= 0.6 is 22.9 Å². The summed E-state index contributed by atoms with van der Waals surface area (Å²) in [4.78, 5) is 10.8. The van der Waals surface area contributed by atoms with Gasteiger partial charge in [0.1, 0.15) is 0 Å². The van der Waals surface area contributed by atoms with Gasteiger partial charge in [-0.15, -0.1) is 0 Å². The predicted molar refractivity (Wildman–Crippen MR) is 51.5 cm³/mol. The fraction of sp³-hybridized carbons (Fsp3) is 0.375. The van der Waals surface area contributed by atoms with E-state index in [1.54, 1.807) is 19.1 Å². The van der Waals surface area contributed by atoms with E-state index in [9.17, 15) is 4.79 Å². The number of carbonyl (C=O) groups is 1. The molecule has 0 aliphatic rings. The smallest absolute Gasteiger partial charge is 0.344 e. The molecule has 1 aromatic rings. The molecule has 3 nitrogen and oxygen atoms in total. The summed E-state index contributed by atoms with van der Waals surface area (Å²) in [7, 11) is 0. The Labute approximate surface area is 85.2 Å². The van der Waals surface area contributed by atoms with Gasteiger partial charge in [-0.25, -0.2) is 4.79 Å². The highest BCUT2D eigenvalue weighted by molar-refractivity contribution is 7.17. The molecule has 0 unspecified atom stereocenters. The fourth-order valence-corrected chi connectivity index (χ4v) is 1.58. The highest BCUT2D eigenvalue weighted by Crippen LogP contribution is 2.27. The third-order valence-electron chi connectivity index (χ3n) is 1.19. The van der Waals surface area contributed by atoms with Gasteiger partial charge in [0.15, 0.2) is 11.7 Å². The van der Waals surface area contributed by atoms with Crippen LogP contribution in [0.25, 0.3) is 0 Å². The quantitative estimate of drug-likeness (QED) is 0.731. The largest absolute Gasteiger partial charge is 0.472 e. The van der Waals surface area contributed by atoms with Crippen LogP contribution in [0.5, 0.6) is 5.06 Å². The molecule has 13 heavy (non-hydrogen) atoms. The maximum absolute atomic E-state index is 10.8. The molecule has 0 radical (unpaired) electrons. The van der Waals surface area contributed by atoms with E-state index in [0.29, 0.717) is 16.0 Å². The molecule has 0 aliphatic heterocycles. The number of halogens is 1. The normalized spacial score (nSPS) is 9.69. The summed E-state index contributed by atoms with van der Waals surface area (Å²) in [5, 5.41) is 0.623. The number of hydrogen-bond donors (Lipinski definition) is 0. The van der Waals surface area contributed by atoms with Gasteiger partial charge in [-0.3, -0.25) is 0 Å². The average molecular weight is 221 g/mol. The van der Waals surface area contributed by atoms with Gasteiger partial charge < -0.3 is 9.47 Å². The van der Waals surface area contributed by atoms with Crippen LogP contribution in [-0.4, -0.2) is 19.2 Å². The zero-order chi connectivity index (χ0) is 9.68. The summed E-state index contributed by atoms with van der Waals surface area (Å²) >= 11 is 6.94. The summed E-state index contributed by atoms with van der Waals surface area (Å²) in [5.74, 6) is -0.368. The van der Waals surface area contributed by atoms with Crippen molar-refractivity contribution in [2.45, 2.75) is 6.92 Å². The maximum Gasteiger partial charge on any atom is 0.344 e. The second kappa shape index (κ2) is 5.09. The Bertz CT molecular complexity index is 285. The Morgan fingerprint density at radius 2 is 2.38 bits per heavy atom. The molecule has 0 aromatic carbocycles. The number of rotatable bonds is 4. The molecule has 1 aromatic heterocycles. The SMILES string of the molecule is CCOC(=O)COc1ccc(Cl)s1. The van der Waals surface area contributed by atoms with Crippen molar-refractivity contribution in [1.82, 2.24) is 0 Å². The summed E-state index contributed by atoms with van der Waals surface area (Å²) in [6, 6.07) is 3.43. The van der Waals surface area contributed by atoms with E-state index < -0.39 is 0 Å². The molecule has 0 bridgehead atoms. The molecular weight excluding hydrogens is 212 g/mol. The molecule has 0 fully saturated rings. The lowest BCUT2D eigenvalue weighted by atomic mass is 10.6. The van der Waals surface area contributed by atoms with Crippen LogP contribution in [0, 0.1) is 0 Å². The first-order valence-electron chi connectivity index (χ1n) is 3.76. The topological polar surface area (TPSA) is 35.5 Å². The van der Waals surface area contributed by atoms with E-state index in [-0.39, 0.29) is 12.6 Å². The van der Waals surface area contributed by atoms with Crippen molar-refractivity contribution in [2.75, 3.05) is 13.2 Å². The number of ether oxygens (including phenoxy) is 2. The van der Waals surface area contributed by atoms with Gasteiger partial charge in [0, 0.05) is 0 Å². The van der Waals surface area contributed by atoms with Crippen LogP contribution in [0.4, 0.5) is 0 Å². The average Bonchev–Trinajstić information content (AvgIpc) is 2.49. The molecule has 0 saturated heterocycles. The van der Waals surface area contributed by atoms with E-state index in [4.69, 9.17) is 16.3 Å². The van der Waals surface area contributed by atoms with Crippen molar-refractivity contribution in [1.29, 1.82) is 0 Å². The third-order valence-corrected chi connectivity index (χ3v) is 2.33. The molecule has 1 heterocycles. The minimum absolute atomic E-state index is 0.0648. The van der Waals surface area contributed by atoms with Gasteiger partial charge >= 0.3 is 5.97 Å². The Kier molecular flexibility index (Phi) is 4.05. The molecule has 1 rings (SSSR count). The van der Waals surface area contributed by atoms with E-state index in [0.717, 1.165) is 0 Å². The first kappa shape index (κ1) is 10.3. The zero-order valence-corrected chi connectivity index (χ0v) is 8.65. The minimum Gasteiger partial charge on any atom is -0.472 e. The van der Waals surface area contributed by atoms with E-state index in [2.05, 4.69) is 4.74 Å². The minimum atomic E-state index is -0.368. The number of hydrogen-bond acceptors (Lipinski definition) is 4. The molecule has 0 N–H and O–H groups in total. The zero-order valence-electron chi connectivity index (χ0n) is 7.08. The van der Waals surface area contributed by atoms with Crippen LogP contribution in [-0.2, 0) is 9.53 Å². The monoisotopic (exact) mass is 220 g/mol. The lowest BCUT2D eigenvalue weighted by Crippen LogP contribution is -2.13. The Morgan fingerprint density at radius 3 is 2.92 bits per heavy atom. The van der Waals surface area contributed by atoms with Gasteiger partial charge in [-0.1, -0.05) is 22.9 Å². The van der Waals surface area contributed by atoms with E-state index >= 15 is 0 Å². The van der Waals surface area contributed by atoms with Crippen molar-refractivity contribution in [3.63, 3.8) is 0 Å². The number of thiophene rings is 1. The summed E-state index contributed by atoms with van der Waals surface area (Å²) in [6.07, 6.45) is 0. The van der Waals surface area contributed by atoms with Crippen molar-refractivity contribution >= 4 is 28.9 Å².